The third kappa shape index (κ3) is 3.00. The molecule has 0 aliphatic carbocycles. The third-order valence-electron chi connectivity index (χ3n) is 3.53. The fourth-order valence-electron chi connectivity index (χ4n) is 2.41. The van der Waals surface area contributed by atoms with Crippen molar-refractivity contribution in [3.05, 3.63) is 63.7 Å². The Morgan fingerprint density at radius 3 is 2.20 bits per heavy atom. The Hall–Kier alpha value is -2.27. The second-order valence-corrected chi connectivity index (χ2v) is 5.26. The molecule has 0 bridgehead atoms. The van der Waals surface area contributed by atoms with Crippen LogP contribution in [0.1, 0.15) is 33.4 Å². The van der Waals surface area contributed by atoms with Crippen LogP contribution in [0.25, 0.3) is 0 Å². The van der Waals surface area contributed by atoms with E-state index >= 15 is 0 Å². The fourth-order valence-corrected chi connectivity index (χ4v) is 2.41. The number of hydrogen-bond acceptors (Lipinski definition) is 2. The van der Waals surface area contributed by atoms with Gasteiger partial charge >= 0.3 is 0 Å². The molecule has 2 nitrogen and oxygen atoms in total. The maximum Gasteiger partial charge on any atom is 0.124 e. The van der Waals surface area contributed by atoms with Crippen molar-refractivity contribution in [1.82, 2.24) is 0 Å². The summed E-state index contributed by atoms with van der Waals surface area (Å²) in [5, 5.41) is 8.95. The van der Waals surface area contributed by atoms with Gasteiger partial charge in [-0.15, -0.1) is 0 Å². The molecule has 0 heterocycles. The zero-order valence-corrected chi connectivity index (χ0v) is 12.4. The summed E-state index contributed by atoms with van der Waals surface area (Å²) in [7, 11) is 0. The lowest BCUT2D eigenvalue weighted by Crippen LogP contribution is -2.02. The van der Waals surface area contributed by atoms with E-state index in [4.69, 9.17) is 10.00 Å². The van der Waals surface area contributed by atoms with E-state index in [1.54, 1.807) is 6.07 Å². The van der Waals surface area contributed by atoms with Crippen LogP contribution < -0.4 is 4.74 Å². The molecule has 2 aromatic rings. The van der Waals surface area contributed by atoms with Crippen LogP contribution in [0.3, 0.4) is 0 Å². The van der Waals surface area contributed by atoms with E-state index in [1.165, 1.54) is 22.3 Å². The average Bonchev–Trinajstić information content (AvgIpc) is 2.39. The van der Waals surface area contributed by atoms with Crippen molar-refractivity contribution in [3.8, 4) is 11.8 Å². The maximum atomic E-state index is 8.95. The van der Waals surface area contributed by atoms with Gasteiger partial charge in [0.05, 0.1) is 11.6 Å². The molecule has 0 amide bonds. The molecule has 0 fully saturated rings. The van der Waals surface area contributed by atoms with Crippen molar-refractivity contribution in [3.63, 3.8) is 0 Å². The van der Waals surface area contributed by atoms with Gasteiger partial charge in [0.25, 0.3) is 0 Å². The van der Waals surface area contributed by atoms with Crippen molar-refractivity contribution >= 4 is 0 Å². The number of ether oxygens (including phenoxy) is 1. The molecule has 0 atom stereocenters. The number of nitrogens with zero attached hydrogens (tertiary/aromatic N) is 1. The molecule has 0 saturated carbocycles. The van der Waals surface area contributed by atoms with Crippen molar-refractivity contribution in [1.29, 1.82) is 5.26 Å². The Labute approximate surface area is 120 Å². The zero-order valence-electron chi connectivity index (χ0n) is 12.4. The lowest BCUT2D eigenvalue weighted by molar-refractivity contribution is 0.302. The summed E-state index contributed by atoms with van der Waals surface area (Å²) in [5.41, 5.74) is 6.66. The summed E-state index contributed by atoms with van der Waals surface area (Å²) < 4.78 is 5.92. The van der Waals surface area contributed by atoms with Crippen LogP contribution in [0.15, 0.2) is 30.3 Å². The lowest BCUT2D eigenvalue weighted by atomic mass is 10.0. The maximum absolute atomic E-state index is 8.95. The first kappa shape index (κ1) is 14.1. The summed E-state index contributed by atoms with van der Waals surface area (Å²) in [6, 6.07) is 12.0. The Balaban J connectivity index is 2.24. The largest absolute Gasteiger partial charge is 0.489 e. The monoisotopic (exact) mass is 265 g/mol. The van der Waals surface area contributed by atoms with Crippen LogP contribution in [0.5, 0.6) is 5.75 Å². The topological polar surface area (TPSA) is 33.0 Å². The Morgan fingerprint density at radius 1 is 0.950 bits per heavy atom. The Morgan fingerprint density at radius 2 is 1.60 bits per heavy atom. The third-order valence-corrected chi connectivity index (χ3v) is 3.53. The molecule has 0 N–H and O–H groups in total. The Kier molecular flexibility index (Phi) is 4.10. The van der Waals surface area contributed by atoms with Crippen molar-refractivity contribution in [2.75, 3.05) is 0 Å². The van der Waals surface area contributed by atoms with Crippen LogP contribution in [0, 0.1) is 39.0 Å². The van der Waals surface area contributed by atoms with Crippen LogP contribution in [0.4, 0.5) is 0 Å². The number of nitriles is 1. The normalized spacial score (nSPS) is 10.2. The molecule has 0 saturated heterocycles. The number of aryl methyl sites for hydroxylation is 4. The summed E-state index contributed by atoms with van der Waals surface area (Å²) in [4.78, 5) is 0. The minimum Gasteiger partial charge on any atom is -0.489 e. The highest BCUT2D eigenvalue weighted by Gasteiger charge is 2.07. The van der Waals surface area contributed by atoms with E-state index in [-0.39, 0.29) is 0 Å². The Bertz CT molecular complexity index is 657. The molecule has 0 aliphatic rings. The number of benzene rings is 2. The van der Waals surface area contributed by atoms with Gasteiger partial charge in [-0.2, -0.15) is 5.26 Å². The minimum absolute atomic E-state index is 0.535. The predicted molar refractivity (Wildman–Crippen MR) is 80.9 cm³/mol. The van der Waals surface area contributed by atoms with Crippen LogP contribution in [-0.4, -0.2) is 0 Å². The first-order valence-electron chi connectivity index (χ1n) is 6.71. The second kappa shape index (κ2) is 5.79. The first-order chi connectivity index (χ1) is 9.51. The van der Waals surface area contributed by atoms with Gasteiger partial charge in [0.15, 0.2) is 0 Å². The van der Waals surface area contributed by atoms with Crippen molar-refractivity contribution < 1.29 is 4.74 Å². The standard InChI is InChI=1S/C18H19NO/c1-12-7-14(3)17(15(4)8-12)11-20-18-9-16(10-19)6-5-13(18)2/h5-9H,11H2,1-4H3. The van der Waals surface area contributed by atoms with E-state index in [9.17, 15) is 0 Å². The number of rotatable bonds is 3. The zero-order chi connectivity index (χ0) is 14.7. The van der Waals surface area contributed by atoms with Gasteiger partial charge in [-0.25, -0.2) is 0 Å². The van der Waals surface area contributed by atoms with E-state index in [1.807, 2.05) is 19.1 Å². The average molecular weight is 265 g/mol. The summed E-state index contributed by atoms with van der Waals surface area (Å²) in [5.74, 6) is 0.781. The van der Waals surface area contributed by atoms with E-state index in [2.05, 4.69) is 39.0 Å². The second-order valence-electron chi connectivity index (χ2n) is 5.26. The summed E-state index contributed by atoms with van der Waals surface area (Å²) in [6.45, 7) is 8.85. The molecule has 0 spiro atoms. The highest BCUT2D eigenvalue weighted by atomic mass is 16.5. The van der Waals surface area contributed by atoms with Gasteiger partial charge in [0, 0.05) is 0 Å². The molecule has 0 aromatic heterocycles. The quantitative estimate of drug-likeness (QED) is 0.825. The summed E-state index contributed by atoms with van der Waals surface area (Å²) in [6.07, 6.45) is 0. The van der Waals surface area contributed by atoms with Crippen LogP contribution in [-0.2, 0) is 6.61 Å². The molecular weight excluding hydrogens is 246 g/mol. The lowest BCUT2D eigenvalue weighted by Gasteiger charge is -2.14. The van der Waals surface area contributed by atoms with E-state index in [0.29, 0.717) is 12.2 Å². The van der Waals surface area contributed by atoms with Crippen LogP contribution in [0.2, 0.25) is 0 Å². The molecular formula is C18H19NO. The molecule has 0 radical (unpaired) electrons. The summed E-state index contributed by atoms with van der Waals surface area (Å²) >= 11 is 0. The fraction of sp³-hybridized carbons (Fsp3) is 0.278. The SMILES string of the molecule is Cc1cc(C)c(COc2cc(C#N)ccc2C)c(C)c1. The molecule has 20 heavy (non-hydrogen) atoms. The predicted octanol–water partition coefficient (Wildman–Crippen LogP) is 4.37. The molecule has 2 heteroatoms. The van der Waals surface area contributed by atoms with Crippen LogP contribution >= 0.6 is 0 Å². The van der Waals surface area contributed by atoms with E-state index in [0.717, 1.165) is 11.3 Å². The highest BCUT2D eigenvalue weighted by molar-refractivity contribution is 5.42. The molecule has 102 valence electrons. The van der Waals surface area contributed by atoms with Crippen molar-refractivity contribution in [2.45, 2.75) is 34.3 Å². The van der Waals surface area contributed by atoms with Crippen molar-refractivity contribution in [2.24, 2.45) is 0 Å². The number of hydrogen-bond donors (Lipinski definition) is 0. The minimum atomic E-state index is 0.535. The van der Waals surface area contributed by atoms with Gasteiger partial charge in [0.2, 0.25) is 0 Å². The molecule has 2 rings (SSSR count). The van der Waals surface area contributed by atoms with Gasteiger partial charge in [-0.05, 0) is 62.1 Å². The highest BCUT2D eigenvalue weighted by Crippen LogP contribution is 2.23. The van der Waals surface area contributed by atoms with E-state index < -0.39 is 0 Å². The van der Waals surface area contributed by atoms with Gasteiger partial charge in [-0.1, -0.05) is 23.8 Å². The molecule has 0 aliphatic heterocycles. The smallest absolute Gasteiger partial charge is 0.124 e. The first-order valence-corrected chi connectivity index (χ1v) is 6.71. The van der Waals surface area contributed by atoms with Gasteiger partial charge < -0.3 is 4.74 Å². The molecule has 0 unspecified atom stereocenters. The van der Waals surface area contributed by atoms with Gasteiger partial charge in [-0.3, -0.25) is 0 Å². The van der Waals surface area contributed by atoms with Gasteiger partial charge in [0.1, 0.15) is 12.4 Å². The molecule has 2 aromatic carbocycles.